The summed E-state index contributed by atoms with van der Waals surface area (Å²) in [5.74, 6) is 0.0293. The molecule has 0 saturated carbocycles. The van der Waals surface area contributed by atoms with E-state index in [4.69, 9.17) is 0 Å². The number of nitrogens with one attached hydrogen (secondary N) is 1. The molecule has 2 heterocycles. The summed E-state index contributed by atoms with van der Waals surface area (Å²) in [4.78, 5) is 18.6. The van der Waals surface area contributed by atoms with Gasteiger partial charge in [0.2, 0.25) is 5.91 Å². The number of carbonyl (C=O) groups excluding carboxylic acids is 1. The van der Waals surface area contributed by atoms with Crippen LogP contribution in [0, 0.1) is 0 Å². The van der Waals surface area contributed by atoms with Gasteiger partial charge in [-0.3, -0.25) is 9.69 Å². The molecule has 6 nitrogen and oxygen atoms in total. The first-order chi connectivity index (χ1) is 13.3. The third-order valence-corrected chi connectivity index (χ3v) is 5.01. The van der Waals surface area contributed by atoms with Gasteiger partial charge in [0.1, 0.15) is 12.7 Å². The topological polar surface area (TPSA) is 63.1 Å². The molecule has 1 aromatic heterocycles. The second-order valence-corrected chi connectivity index (χ2v) is 6.87. The van der Waals surface area contributed by atoms with Crippen LogP contribution >= 0.6 is 0 Å². The number of likely N-dealkylation sites (tertiary alicyclic amines) is 1. The molecule has 6 heteroatoms. The van der Waals surface area contributed by atoms with Crippen molar-refractivity contribution in [3.63, 3.8) is 0 Å². The number of anilines is 1. The maximum Gasteiger partial charge on any atom is 0.238 e. The Morgan fingerprint density at radius 3 is 2.37 bits per heavy atom. The number of carbonyl (C=O) groups is 1. The lowest BCUT2D eigenvalue weighted by molar-refractivity contribution is -0.117. The Balaban J connectivity index is 1.27. The molecular formula is C21H23N5O. The maximum atomic E-state index is 12.4. The van der Waals surface area contributed by atoms with Gasteiger partial charge < -0.3 is 5.32 Å². The Bertz CT molecular complexity index is 853. The quantitative estimate of drug-likeness (QED) is 0.758. The Hall–Kier alpha value is -2.99. The zero-order valence-electron chi connectivity index (χ0n) is 15.2. The fraction of sp³-hybridized carbons (Fsp3) is 0.286. The fourth-order valence-electron chi connectivity index (χ4n) is 3.53. The van der Waals surface area contributed by atoms with Gasteiger partial charge in [-0.1, -0.05) is 42.5 Å². The van der Waals surface area contributed by atoms with Gasteiger partial charge in [-0.05, 0) is 36.1 Å². The molecule has 1 saturated heterocycles. The SMILES string of the molecule is O=C(CN1CCC(n2cncn2)CC1)Nc1ccc(-c2ccccc2)cc1. The minimum atomic E-state index is 0.0293. The molecule has 1 N–H and O–H groups in total. The maximum absolute atomic E-state index is 12.4. The summed E-state index contributed by atoms with van der Waals surface area (Å²) in [6.07, 6.45) is 5.32. The summed E-state index contributed by atoms with van der Waals surface area (Å²) in [6.45, 7) is 2.21. The van der Waals surface area contributed by atoms with Crippen molar-refractivity contribution in [3.05, 3.63) is 67.3 Å². The van der Waals surface area contributed by atoms with Crippen molar-refractivity contribution in [2.24, 2.45) is 0 Å². The van der Waals surface area contributed by atoms with Crippen LogP contribution in [0.4, 0.5) is 5.69 Å². The molecule has 27 heavy (non-hydrogen) atoms. The van der Waals surface area contributed by atoms with Crippen LogP contribution in [0.3, 0.4) is 0 Å². The first-order valence-electron chi connectivity index (χ1n) is 9.30. The van der Waals surface area contributed by atoms with E-state index in [1.165, 1.54) is 5.56 Å². The lowest BCUT2D eigenvalue weighted by atomic mass is 10.1. The third kappa shape index (κ3) is 4.41. The average Bonchev–Trinajstić information content (AvgIpc) is 3.25. The molecule has 1 fully saturated rings. The van der Waals surface area contributed by atoms with Gasteiger partial charge >= 0.3 is 0 Å². The van der Waals surface area contributed by atoms with E-state index in [-0.39, 0.29) is 5.91 Å². The highest BCUT2D eigenvalue weighted by Gasteiger charge is 2.22. The number of benzene rings is 2. The molecule has 3 aromatic rings. The largest absolute Gasteiger partial charge is 0.325 e. The van der Waals surface area contributed by atoms with Crippen LogP contribution in [0.5, 0.6) is 0 Å². The van der Waals surface area contributed by atoms with Crippen LogP contribution in [0.2, 0.25) is 0 Å². The Morgan fingerprint density at radius 1 is 1.00 bits per heavy atom. The number of piperidine rings is 1. The van der Waals surface area contributed by atoms with Gasteiger partial charge in [-0.15, -0.1) is 0 Å². The molecule has 0 radical (unpaired) electrons. The van der Waals surface area contributed by atoms with Crippen LogP contribution in [0.1, 0.15) is 18.9 Å². The first-order valence-corrected chi connectivity index (χ1v) is 9.30. The van der Waals surface area contributed by atoms with E-state index in [1.807, 2.05) is 47.1 Å². The van der Waals surface area contributed by atoms with E-state index in [0.29, 0.717) is 12.6 Å². The molecule has 4 rings (SSSR count). The molecule has 2 aromatic carbocycles. The van der Waals surface area contributed by atoms with E-state index in [0.717, 1.165) is 37.2 Å². The number of aromatic nitrogens is 3. The number of amides is 1. The normalized spacial score (nSPS) is 15.6. The summed E-state index contributed by atoms with van der Waals surface area (Å²) < 4.78 is 1.92. The highest BCUT2D eigenvalue weighted by molar-refractivity contribution is 5.92. The minimum Gasteiger partial charge on any atom is -0.325 e. The van der Waals surface area contributed by atoms with Crippen LogP contribution in [0.25, 0.3) is 11.1 Å². The summed E-state index contributed by atoms with van der Waals surface area (Å²) in [6, 6.07) is 18.6. The van der Waals surface area contributed by atoms with Crippen molar-refractivity contribution >= 4 is 11.6 Å². The molecule has 0 atom stereocenters. The lowest BCUT2D eigenvalue weighted by Crippen LogP contribution is -2.39. The standard InChI is InChI=1S/C21H23N5O/c27-21(14-25-12-10-20(11-13-25)26-16-22-15-23-26)24-19-8-6-18(7-9-19)17-4-2-1-3-5-17/h1-9,15-16,20H,10-14H2,(H,24,27). The molecule has 0 bridgehead atoms. The van der Waals surface area contributed by atoms with Crippen molar-refractivity contribution in [2.45, 2.75) is 18.9 Å². The van der Waals surface area contributed by atoms with Crippen molar-refractivity contribution in [2.75, 3.05) is 25.0 Å². The van der Waals surface area contributed by atoms with Crippen molar-refractivity contribution in [3.8, 4) is 11.1 Å². The lowest BCUT2D eigenvalue weighted by Gasteiger charge is -2.31. The molecule has 1 amide bonds. The average molecular weight is 361 g/mol. The molecule has 1 aliphatic heterocycles. The van der Waals surface area contributed by atoms with Gasteiger partial charge in [-0.25, -0.2) is 9.67 Å². The van der Waals surface area contributed by atoms with E-state index in [1.54, 1.807) is 12.7 Å². The minimum absolute atomic E-state index is 0.0293. The smallest absolute Gasteiger partial charge is 0.238 e. The fourth-order valence-corrected chi connectivity index (χ4v) is 3.53. The van der Waals surface area contributed by atoms with Gasteiger partial charge in [0.15, 0.2) is 0 Å². The van der Waals surface area contributed by atoms with E-state index in [9.17, 15) is 4.79 Å². The molecule has 0 unspecified atom stereocenters. The first kappa shape index (κ1) is 17.4. The molecule has 0 aliphatic carbocycles. The van der Waals surface area contributed by atoms with Crippen LogP contribution in [-0.4, -0.2) is 45.2 Å². The van der Waals surface area contributed by atoms with Gasteiger partial charge in [0.25, 0.3) is 0 Å². The predicted octanol–water partition coefficient (Wildman–Crippen LogP) is 3.22. The number of hydrogen-bond acceptors (Lipinski definition) is 4. The van der Waals surface area contributed by atoms with Crippen LogP contribution < -0.4 is 5.32 Å². The van der Waals surface area contributed by atoms with E-state index < -0.39 is 0 Å². The van der Waals surface area contributed by atoms with Crippen molar-refractivity contribution in [1.29, 1.82) is 0 Å². The number of hydrogen-bond donors (Lipinski definition) is 1. The molecule has 138 valence electrons. The Labute approximate surface area is 158 Å². The van der Waals surface area contributed by atoms with Crippen LogP contribution in [0.15, 0.2) is 67.3 Å². The van der Waals surface area contributed by atoms with Crippen molar-refractivity contribution in [1.82, 2.24) is 19.7 Å². The second kappa shape index (κ2) is 8.14. The van der Waals surface area contributed by atoms with E-state index in [2.05, 4.69) is 32.4 Å². The number of rotatable bonds is 5. The van der Waals surface area contributed by atoms with Gasteiger partial charge in [0, 0.05) is 18.8 Å². The summed E-state index contributed by atoms with van der Waals surface area (Å²) >= 11 is 0. The van der Waals surface area contributed by atoms with Crippen molar-refractivity contribution < 1.29 is 4.79 Å². The highest BCUT2D eigenvalue weighted by atomic mass is 16.2. The number of nitrogens with zero attached hydrogens (tertiary/aromatic N) is 4. The molecule has 1 aliphatic rings. The highest BCUT2D eigenvalue weighted by Crippen LogP contribution is 2.22. The van der Waals surface area contributed by atoms with E-state index >= 15 is 0 Å². The van der Waals surface area contributed by atoms with Gasteiger partial charge in [0.05, 0.1) is 12.6 Å². The molecular weight excluding hydrogens is 338 g/mol. The molecule has 0 spiro atoms. The second-order valence-electron chi connectivity index (χ2n) is 6.87. The monoisotopic (exact) mass is 361 g/mol. The summed E-state index contributed by atoms with van der Waals surface area (Å²) in [7, 11) is 0. The third-order valence-electron chi connectivity index (χ3n) is 5.01. The zero-order chi connectivity index (χ0) is 18.5. The Morgan fingerprint density at radius 2 is 1.70 bits per heavy atom. The Kier molecular flexibility index (Phi) is 5.25. The van der Waals surface area contributed by atoms with Gasteiger partial charge in [-0.2, -0.15) is 5.10 Å². The van der Waals surface area contributed by atoms with Crippen LogP contribution in [-0.2, 0) is 4.79 Å². The summed E-state index contributed by atoms with van der Waals surface area (Å²) in [5.41, 5.74) is 3.14. The summed E-state index contributed by atoms with van der Waals surface area (Å²) in [5, 5.41) is 7.22. The predicted molar refractivity (Wildman–Crippen MR) is 105 cm³/mol. The zero-order valence-corrected chi connectivity index (χ0v) is 15.2.